The number of carboxylic acid groups (broad SMARTS) is 1. The molecule has 0 aliphatic carbocycles. The molecule has 0 aliphatic heterocycles. The number of aliphatic carboxylic acids is 1. The summed E-state index contributed by atoms with van der Waals surface area (Å²) in [6, 6.07) is -1.20. The molecule has 8 heteroatoms. The summed E-state index contributed by atoms with van der Waals surface area (Å²) in [4.78, 5) is 44.6. The molecule has 0 rings (SSSR count). The van der Waals surface area contributed by atoms with Crippen LogP contribution >= 0.6 is 0 Å². The summed E-state index contributed by atoms with van der Waals surface area (Å²) in [5.41, 5.74) is 0. The van der Waals surface area contributed by atoms with E-state index in [9.17, 15) is 19.2 Å². The molecule has 23 heavy (non-hydrogen) atoms. The van der Waals surface area contributed by atoms with Crippen LogP contribution in [0.2, 0.25) is 0 Å². The first-order valence-electron chi connectivity index (χ1n) is 7.72. The first kappa shape index (κ1) is 21.0. The van der Waals surface area contributed by atoms with Crippen LogP contribution in [0.15, 0.2) is 0 Å². The van der Waals surface area contributed by atoms with Crippen LogP contribution in [-0.4, -0.2) is 54.3 Å². The Hall–Kier alpha value is -1.96. The summed E-state index contributed by atoms with van der Waals surface area (Å²) in [5.74, 6) is -1.76. The third-order valence-corrected chi connectivity index (χ3v) is 3.42. The van der Waals surface area contributed by atoms with Crippen molar-refractivity contribution in [3.63, 3.8) is 0 Å². The number of hydrogen-bond donors (Lipinski definition) is 4. The topological polar surface area (TPSA) is 125 Å². The van der Waals surface area contributed by atoms with E-state index in [1.165, 1.54) is 13.8 Å². The van der Waals surface area contributed by atoms with E-state index in [0.717, 1.165) is 12.8 Å². The maximum Gasteiger partial charge on any atom is 0.326 e. The van der Waals surface area contributed by atoms with Gasteiger partial charge >= 0.3 is 5.97 Å². The normalized spacial score (nSPS) is 13.0. The van der Waals surface area contributed by atoms with Crippen molar-refractivity contribution in [3.8, 4) is 0 Å². The Morgan fingerprint density at radius 2 is 1.65 bits per heavy atom. The number of nitrogens with one attached hydrogen (secondary N) is 3. The summed E-state index contributed by atoms with van der Waals surface area (Å²) in [6.45, 7) is 3.25. The zero-order valence-electron chi connectivity index (χ0n) is 14.0. The fraction of sp³-hybridized carbons (Fsp3) is 0.733. The summed E-state index contributed by atoms with van der Waals surface area (Å²) in [7, 11) is 1.74. The maximum absolute atomic E-state index is 11.6. The molecule has 4 N–H and O–H groups in total. The van der Waals surface area contributed by atoms with Crippen LogP contribution < -0.4 is 16.0 Å². The molecule has 0 aromatic heterocycles. The van der Waals surface area contributed by atoms with E-state index in [1.807, 2.05) is 0 Å². The van der Waals surface area contributed by atoms with E-state index in [1.54, 1.807) is 7.05 Å². The Balaban J connectivity index is 3.88. The standard InChI is InChI=1S/C15H27N3O5/c1-10(19)12(16-3)6-4-5-9-17-14(21)8-7-13(15(22)23)18-11(2)20/h12-13,16H,4-9H2,1-3H3,(H,17,21)(H,18,20)(H,22,23)/t12-,13-/m0/s1. The number of hydrogen-bond acceptors (Lipinski definition) is 5. The van der Waals surface area contributed by atoms with Gasteiger partial charge in [-0.3, -0.25) is 14.4 Å². The molecule has 0 aromatic carbocycles. The van der Waals surface area contributed by atoms with Gasteiger partial charge in [-0.25, -0.2) is 4.79 Å². The van der Waals surface area contributed by atoms with E-state index in [-0.39, 0.29) is 30.6 Å². The van der Waals surface area contributed by atoms with Crippen molar-refractivity contribution in [3.05, 3.63) is 0 Å². The van der Waals surface area contributed by atoms with Crippen LogP contribution in [-0.2, 0) is 19.2 Å². The molecule has 0 saturated heterocycles. The largest absolute Gasteiger partial charge is 0.480 e. The second-order valence-corrected chi connectivity index (χ2v) is 5.43. The molecule has 0 aliphatic rings. The maximum atomic E-state index is 11.6. The zero-order valence-corrected chi connectivity index (χ0v) is 14.0. The van der Waals surface area contributed by atoms with Crippen LogP contribution in [0.25, 0.3) is 0 Å². The molecule has 2 amide bonds. The molecular formula is C15H27N3O5. The van der Waals surface area contributed by atoms with Gasteiger partial charge in [0.1, 0.15) is 11.8 Å². The SMILES string of the molecule is CN[C@@H](CCCCNC(=O)CC[C@H](NC(C)=O)C(=O)O)C(C)=O. The first-order valence-corrected chi connectivity index (χ1v) is 7.72. The van der Waals surface area contributed by atoms with E-state index >= 15 is 0 Å². The summed E-state index contributed by atoms with van der Waals surface area (Å²) in [5, 5.41) is 16.8. The van der Waals surface area contributed by atoms with Gasteiger partial charge in [0.05, 0.1) is 6.04 Å². The highest BCUT2D eigenvalue weighted by Gasteiger charge is 2.19. The quantitative estimate of drug-likeness (QED) is 0.368. The number of carbonyl (C=O) groups is 4. The van der Waals surface area contributed by atoms with Gasteiger partial charge in [0.15, 0.2) is 0 Å². The Morgan fingerprint density at radius 1 is 1.00 bits per heavy atom. The van der Waals surface area contributed by atoms with Crippen molar-refractivity contribution >= 4 is 23.6 Å². The highest BCUT2D eigenvalue weighted by atomic mass is 16.4. The van der Waals surface area contributed by atoms with E-state index in [0.29, 0.717) is 13.0 Å². The van der Waals surface area contributed by atoms with E-state index in [4.69, 9.17) is 5.11 Å². The van der Waals surface area contributed by atoms with Crippen molar-refractivity contribution < 1.29 is 24.3 Å². The van der Waals surface area contributed by atoms with Gasteiger partial charge in [0.25, 0.3) is 0 Å². The number of carboxylic acids is 1. The smallest absolute Gasteiger partial charge is 0.326 e. The monoisotopic (exact) mass is 329 g/mol. The van der Waals surface area contributed by atoms with Crippen LogP contribution in [0, 0.1) is 0 Å². The first-order chi connectivity index (χ1) is 10.8. The Labute approximate surface area is 136 Å². The lowest BCUT2D eigenvalue weighted by molar-refractivity contribution is -0.141. The second-order valence-electron chi connectivity index (χ2n) is 5.43. The molecule has 0 bridgehead atoms. The molecule has 0 spiro atoms. The van der Waals surface area contributed by atoms with E-state index < -0.39 is 17.9 Å². The van der Waals surface area contributed by atoms with Crippen molar-refractivity contribution in [2.45, 2.75) is 58.0 Å². The Morgan fingerprint density at radius 3 is 2.13 bits per heavy atom. The minimum absolute atomic E-state index is 0.0316. The molecular weight excluding hydrogens is 302 g/mol. The third-order valence-electron chi connectivity index (χ3n) is 3.42. The number of likely N-dealkylation sites (N-methyl/N-ethyl adjacent to an activating group) is 1. The van der Waals surface area contributed by atoms with Gasteiger partial charge in [-0.15, -0.1) is 0 Å². The Kier molecular flexibility index (Phi) is 10.6. The van der Waals surface area contributed by atoms with Crippen molar-refractivity contribution in [1.29, 1.82) is 0 Å². The molecule has 8 nitrogen and oxygen atoms in total. The molecule has 0 radical (unpaired) electrons. The number of rotatable bonds is 12. The zero-order chi connectivity index (χ0) is 17.8. The fourth-order valence-corrected chi connectivity index (χ4v) is 2.12. The van der Waals surface area contributed by atoms with Crippen molar-refractivity contribution in [2.24, 2.45) is 0 Å². The number of Topliss-reactive ketones (excluding diaryl/α,β-unsaturated/α-hetero) is 1. The predicted molar refractivity (Wildman–Crippen MR) is 84.9 cm³/mol. The number of ketones is 1. The number of amides is 2. The van der Waals surface area contributed by atoms with Gasteiger partial charge in [0, 0.05) is 19.9 Å². The minimum Gasteiger partial charge on any atom is -0.480 e. The molecule has 0 saturated carbocycles. The second kappa shape index (κ2) is 11.6. The lowest BCUT2D eigenvalue weighted by atomic mass is 10.1. The van der Waals surface area contributed by atoms with Crippen LogP contribution in [0.5, 0.6) is 0 Å². The summed E-state index contributed by atoms with van der Waals surface area (Å²) >= 11 is 0. The molecule has 2 atom stereocenters. The van der Waals surface area contributed by atoms with Crippen LogP contribution in [0.1, 0.15) is 46.0 Å². The van der Waals surface area contributed by atoms with Gasteiger partial charge in [-0.1, -0.05) is 0 Å². The number of unbranched alkanes of at least 4 members (excludes halogenated alkanes) is 1. The lowest BCUT2D eigenvalue weighted by Crippen LogP contribution is -2.40. The Bertz CT molecular complexity index is 425. The minimum atomic E-state index is -1.16. The number of carbonyl (C=O) groups excluding carboxylic acids is 3. The average Bonchev–Trinajstić information content (AvgIpc) is 2.46. The molecule has 0 fully saturated rings. The van der Waals surface area contributed by atoms with Crippen molar-refractivity contribution in [1.82, 2.24) is 16.0 Å². The fourth-order valence-electron chi connectivity index (χ4n) is 2.12. The summed E-state index contributed by atoms with van der Waals surface area (Å²) in [6.07, 6.45) is 2.34. The molecule has 0 aromatic rings. The van der Waals surface area contributed by atoms with Gasteiger partial charge in [0.2, 0.25) is 11.8 Å². The van der Waals surface area contributed by atoms with Crippen LogP contribution in [0.3, 0.4) is 0 Å². The van der Waals surface area contributed by atoms with Crippen LogP contribution in [0.4, 0.5) is 0 Å². The van der Waals surface area contributed by atoms with Gasteiger partial charge in [-0.2, -0.15) is 0 Å². The van der Waals surface area contributed by atoms with Crippen molar-refractivity contribution in [2.75, 3.05) is 13.6 Å². The van der Waals surface area contributed by atoms with E-state index in [2.05, 4.69) is 16.0 Å². The highest BCUT2D eigenvalue weighted by Crippen LogP contribution is 2.02. The summed E-state index contributed by atoms with van der Waals surface area (Å²) < 4.78 is 0. The molecule has 0 unspecified atom stereocenters. The third kappa shape index (κ3) is 10.4. The average molecular weight is 329 g/mol. The molecule has 0 heterocycles. The lowest BCUT2D eigenvalue weighted by Gasteiger charge is -2.13. The highest BCUT2D eigenvalue weighted by molar-refractivity contribution is 5.83. The molecule has 132 valence electrons. The predicted octanol–water partition coefficient (Wildman–Crippen LogP) is -0.181. The van der Waals surface area contributed by atoms with Gasteiger partial charge < -0.3 is 21.1 Å². The van der Waals surface area contributed by atoms with Gasteiger partial charge in [-0.05, 0) is 39.7 Å².